The Morgan fingerprint density at radius 2 is 1.43 bits per heavy atom. The molecule has 1 saturated carbocycles. The highest BCUT2D eigenvalue weighted by Gasteiger charge is 2.30. The van der Waals surface area contributed by atoms with Gasteiger partial charge < -0.3 is 4.74 Å². The molecule has 0 aliphatic heterocycles. The number of rotatable bonds is 7. The van der Waals surface area contributed by atoms with Crippen LogP contribution < -0.4 is 4.74 Å². The van der Waals surface area contributed by atoms with Crippen LogP contribution >= 0.6 is 0 Å². The molecule has 0 atom stereocenters. The van der Waals surface area contributed by atoms with Gasteiger partial charge in [-0.3, -0.25) is 0 Å². The zero-order valence-electron chi connectivity index (χ0n) is 19.7. The van der Waals surface area contributed by atoms with Crippen LogP contribution in [0.2, 0.25) is 0 Å². The van der Waals surface area contributed by atoms with Crippen LogP contribution in [0.5, 0.6) is 11.5 Å². The van der Waals surface area contributed by atoms with Crippen LogP contribution in [-0.4, -0.2) is 0 Å². The van der Waals surface area contributed by atoms with E-state index in [0.717, 1.165) is 55.0 Å². The quantitative estimate of drug-likeness (QED) is 0.301. The maximum absolute atomic E-state index is 14.7. The van der Waals surface area contributed by atoms with Crippen LogP contribution in [0.1, 0.15) is 56.6 Å². The zero-order chi connectivity index (χ0) is 25.0. The Kier molecular flexibility index (Phi) is 7.78. The van der Waals surface area contributed by atoms with E-state index in [4.69, 9.17) is 4.74 Å². The summed E-state index contributed by atoms with van der Waals surface area (Å²) in [4.78, 5) is 0. The van der Waals surface area contributed by atoms with Gasteiger partial charge in [-0.05, 0) is 72.2 Å². The summed E-state index contributed by atoms with van der Waals surface area (Å²) < 4.78 is 72.7. The summed E-state index contributed by atoms with van der Waals surface area (Å²) in [6.07, 6.45) is 4.09. The van der Waals surface area contributed by atoms with E-state index in [-0.39, 0.29) is 11.5 Å². The summed E-state index contributed by atoms with van der Waals surface area (Å²) in [7, 11) is 0. The summed E-state index contributed by atoms with van der Waals surface area (Å²) in [5.41, 5.74) is 1.30. The van der Waals surface area contributed by atoms with E-state index in [9.17, 15) is 22.0 Å². The van der Waals surface area contributed by atoms with Crippen molar-refractivity contribution in [1.29, 1.82) is 0 Å². The van der Waals surface area contributed by atoms with E-state index in [1.807, 2.05) is 24.3 Å². The minimum absolute atomic E-state index is 0.0156. The van der Waals surface area contributed by atoms with Crippen molar-refractivity contribution in [3.05, 3.63) is 83.4 Å². The molecule has 0 aromatic heterocycles. The molecule has 186 valence electrons. The average molecular weight is 489 g/mol. The highest BCUT2D eigenvalue weighted by atomic mass is 19.4. The summed E-state index contributed by atoms with van der Waals surface area (Å²) in [5.74, 6) is -1.02. The lowest BCUT2D eigenvalue weighted by atomic mass is 9.78. The Morgan fingerprint density at radius 1 is 0.800 bits per heavy atom. The molecule has 0 amide bonds. The fourth-order valence-electron chi connectivity index (χ4n) is 4.84. The molecule has 0 spiro atoms. The van der Waals surface area contributed by atoms with Crippen LogP contribution in [0.15, 0.2) is 60.7 Å². The van der Waals surface area contributed by atoms with E-state index in [0.29, 0.717) is 11.1 Å². The number of halogens is 5. The van der Waals surface area contributed by atoms with Gasteiger partial charge in [0.25, 0.3) is 0 Å². The Balaban J connectivity index is 1.48. The second kappa shape index (κ2) is 10.8. The number of alkyl halides is 3. The van der Waals surface area contributed by atoms with Gasteiger partial charge >= 0.3 is 6.18 Å². The Labute approximate surface area is 202 Å². The predicted octanol–water partition coefficient (Wildman–Crippen LogP) is 9.59. The van der Waals surface area contributed by atoms with Gasteiger partial charge in [-0.15, -0.1) is 0 Å². The Morgan fingerprint density at radius 3 is 2.03 bits per heavy atom. The lowest BCUT2D eigenvalue weighted by Crippen LogP contribution is -2.14. The van der Waals surface area contributed by atoms with E-state index in [1.165, 1.54) is 43.7 Å². The molecule has 0 saturated heterocycles. The van der Waals surface area contributed by atoms with Gasteiger partial charge in [0.05, 0.1) is 5.56 Å². The van der Waals surface area contributed by atoms with Crippen molar-refractivity contribution < 1.29 is 26.7 Å². The van der Waals surface area contributed by atoms with Gasteiger partial charge in [0, 0.05) is 5.56 Å². The minimum Gasteiger partial charge on any atom is -0.454 e. The number of hydrogen-bond donors (Lipinski definition) is 0. The molecule has 1 aliphatic carbocycles. The molecule has 3 aromatic carbocycles. The Hall–Kier alpha value is -2.89. The van der Waals surface area contributed by atoms with Crippen molar-refractivity contribution in [3.8, 4) is 22.6 Å². The molecule has 1 aliphatic rings. The minimum atomic E-state index is -4.50. The summed E-state index contributed by atoms with van der Waals surface area (Å²) in [5, 5.41) is 0. The molecular weight excluding hydrogens is 459 g/mol. The first-order valence-corrected chi connectivity index (χ1v) is 12.2. The third-order valence-electron chi connectivity index (χ3n) is 7.10. The molecule has 0 heterocycles. The molecule has 0 N–H and O–H groups in total. The first-order valence-electron chi connectivity index (χ1n) is 12.2. The van der Waals surface area contributed by atoms with Crippen molar-refractivity contribution in [2.45, 2.75) is 58.0 Å². The number of ether oxygens (including phenoxy) is 1. The van der Waals surface area contributed by atoms with Gasteiger partial charge in [-0.1, -0.05) is 63.3 Å². The van der Waals surface area contributed by atoms with Gasteiger partial charge in [0.15, 0.2) is 11.6 Å². The topological polar surface area (TPSA) is 9.23 Å². The SMILES string of the molecule is CCC1CCC(CCc2ccc(-c3ccc(F)c(F)c3Oc3ccc(C(F)(F)F)cc3)cc2)CC1. The van der Waals surface area contributed by atoms with Crippen LogP contribution in [-0.2, 0) is 12.6 Å². The van der Waals surface area contributed by atoms with E-state index < -0.39 is 23.4 Å². The third-order valence-corrected chi connectivity index (χ3v) is 7.10. The van der Waals surface area contributed by atoms with Crippen LogP contribution in [0.3, 0.4) is 0 Å². The molecule has 1 fully saturated rings. The maximum Gasteiger partial charge on any atom is 0.416 e. The van der Waals surface area contributed by atoms with Crippen molar-refractivity contribution in [3.63, 3.8) is 0 Å². The van der Waals surface area contributed by atoms with Crippen molar-refractivity contribution in [1.82, 2.24) is 0 Å². The zero-order valence-corrected chi connectivity index (χ0v) is 19.7. The highest BCUT2D eigenvalue weighted by Crippen LogP contribution is 2.38. The monoisotopic (exact) mass is 488 g/mol. The van der Waals surface area contributed by atoms with Crippen LogP contribution in [0.4, 0.5) is 22.0 Å². The van der Waals surface area contributed by atoms with E-state index >= 15 is 0 Å². The number of benzene rings is 3. The largest absolute Gasteiger partial charge is 0.454 e. The van der Waals surface area contributed by atoms with E-state index in [2.05, 4.69) is 6.92 Å². The van der Waals surface area contributed by atoms with Crippen molar-refractivity contribution in [2.24, 2.45) is 11.8 Å². The molecule has 0 unspecified atom stereocenters. The molecule has 0 bridgehead atoms. The van der Waals surface area contributed by atoms with Gasteiger partial charge in [-0.25, -0.2) is 4.39 Å². The fraction of sp³-hybridized carbons (Fsp3) is 0.379. The summed E-state index contributed by atoms with van der Waals surface area (Å²) in [6.45, 7) is 2.26. The molecular formula is C29H29F5O. The number of hydrogen-bond acceptors (Lipinski definition) is 1. The molecule has 3 aromatic rings. The van der Waals surface area contributed by atoms with Crippen LogP contribution in [0, 0.1) is 23.5 Å². The lowest BCUT2D eigenvalue weighted by molar-refractivity contribution is -0.137. The maximum atomic E-state index is 14.7. The fourth-order valence-corrected chi connectivity index (χ4v) is 4.84. The summed E-state index contributed by atoms with van der Waals surface area (Å²) >= 11 is 0. The smallest absolute Gasteiger partial charge is 0.416 e. The highest BCUT2D eigenvalue weighted by molar-refractivity contribution is 5.71. The third kappa shape index (κ3) is 6.22. The lowest BCUT2D eigenvalue weighted by Gasteiger charge is -2.27. The molecule has 35 heavy (non-hydrogen) atoms. The normalized spacial score (nSPS) is 18.5. The van der Waals surface area contributed by atoms with Crippen molar-refractivity contribution >= 4 is 0 Å². The van der Waals surface area contributed by atoms with Gasteiger partial charge in [-0.2, -0.15) is 17.6 Å². The molecule has 4 rings (SSSR count). The van der Waals surface area contributed by atoms with Crippen LogP contribution in [0.25, 0.3) is 11.1 Å². The first kappa shape index (κ1) is 25.2. The predicted molar refractivity (Wildman–Crippen MR) is 127 cm³/mol. The summed E-state index contributed by atoms with van der Waals surface area (Å²) in [6, 6.07) is 14.0. The van der Waals surface area contributed by atoms with Gasteiger partial charge in [0.1, 0.15) is 5.75 Å². The first-order chi connectivity index (χ1) is 16.7. The van der Waals surface area contributed by atoms with E-state index in [1.54, 1.807) is 0 Å². The van der Waals surface area contributed by atoms with Gasteiger partial charge in [0.2, 0.25) is 5.82 Å². The molecule has 6 heteroatoms. The Bertz CT molecular complexity index is 1110. The standard InChI is InChI=1S/C29H29F5O/c1-2-19-3-5-20(6-4-19)7-8-21-9-11-22(12-10-21)25-17-18-26(30)27(31)28(25)35-24-15-13-23(14-16-24)29(32,33)34/h9-20H,2-8H2,1H3. The second-order valence-corrected chi connectivity index (χ2v) is 9.39. The number of aryl methyl sites for hydroxylation is 1. The molecule has 1 nitrogen and oxygen atoms in total. The van der Waals surface area contributed by atoms with Crippen molar-refractivity contribution in [2.75, 3.05) is 0 Å². The molecule has 0 radical (unpaired) electrons. The average Bonchev–Trinajstić information content (AvgIpc) is 2.86. The second-order valence-electron chi connectivity index (χ2n) is 9.39.